The Morgan fingerprint density at radius 3 is 2.62 bits per heavy atom. The van der Waals surface area contributed by atoms with Gasteiger partial charge in [0.25, 0.3) is 0 Å². The molecule has 122 valence electrons. The topological polar surface area (TPSA) is 62.2 Å². The second kappa shape index (κ2) is 7.55. The molecule has 0 bridgehead atoms. The number of para-hydroxylation sites is 1. The standard InChI is InChI=1S/C19H21N5/c1-14-6-5-10-21-18(14)13-24-19(20-2)23-12-15-9-11-22-17-8-4-3-7-16(15)17/h3-11H,12-13H2,1-2H3,(H2,20,23,24). The third kappa shape index (κ3) is 3.68. The van der Waals surface area contributed by atoms with Gasteiger partial charge in [0.2, 0.25) is 0 Å². The summed E-state index contributed by atoms with van der Waals surface area (Å²) < 4.78 is 0. The first kappa shape index (κ1) is 15.9. The molecule has 5 heteroatoms. The van der Waals surface area contributed by atoms with E-state index in [0.717, 1.165) is 22.6 Å². The number of nitrogens with one attached hydrogen (secondary N) is 2. The van der Waals surface area contributed by atoms with Crippen molar-refractivity contribution in [2.75, 3.05) is 7.05 Å². The summed E-state index contributed by atoms with van der Waals surface area (Å²) in [6, 6.07) is 14.2. The SMILES string of the molecule is CN=C(NCc1ncccc1C)NCc1ccnc2ccccc12. The Kier molecular flexibility index (Phi) is 5.01. The highest BCUT2D eigenvalue weighted by Crippen LogP contribution is 2.15. The van der Waals surface area contributed by atoms with Crippen LogP contribution in [0.1, 0.15) is 16.8 Å². The van der Waals surface area contributed by atoms with E-state index in [4.69, 9.17) is 0 Å². The maximum Gasteiger partial charge on any atom is 0.191 e. The molecule has 24 heavy (non-hydrogen) atoms. The molecule has 0 radical (unpaired) electrons. The summed E-state index contributed by atoms with van der Waals surface area (Å²) in [5.74, 6) is 0.751. The number of aliphatic imine (C=N–C) groups is 1. The minimum absolute atomic E-state index is 0.642. The van der Waals surface area contributed by atoms with Gasteiger partial charge in [-0.25, -0.2) is 0 Å². The molecule has 0 aliphatic heterocycles. The molecule has 0 fully saturated rings. The van der Waals surface area contributed by atoms with Crippen molar-refractivity contribution in [2.24, 2.45) is 4.99 Å². The van der Waals surface area contributed by atoms with Gasteiger partial charge in [0.05, 0.1) is 17.8 Å². The van der Waals surface area contributed by atoms with Crippen molar-refractivity contribution >= 4 is 16.9 Å². The number of aromatic nitrogens is 2. The fourth-order valence-electron chi connectivity index (χ4n) is 2.58. The number of hydrogen-bond acceptors (Lipinski definition) is 3. The van der Waals surface area contributed by atoms with E-state index in [1.165, 1.54) is 11.1 Å². The molecular weight excluding hydrogens is 298 g/mol. The van der Waals surface area contributed by atoms with Gasteiger partial charge in [-0.2, -0.15) is 0 Å². The number of pyridine rings is 2. The Bertz CT molecular complexity index is 852. The zero-order valence-electron chi connectivity index (χ0n) is 14.0. The van der Waals surface area contributed by atoms with Gasteiger partial charge in [-0.3, -0.25) is 15.0 Å². The monoisotopic (exact) mass is 319 g/mol. The predicted octanol–water partition coefficient (Wildman–Crippen LogP) is 2.80. The fraction of sp³-hybridized carbons (Fsp3) is 0.211. The summed E-state index contributed by atoms with van der Waals surface area (Å²) in [7, 11) is 1.77. The van der Waals surface area contributed by atoms with E-state index >= 15 is 0 Å². The first-order valence-corrected chi connectivity index (χ1v) is 7.95. The molecule has 5 nitrogen and oxygen atoms in total. The molecule has 0 aliphatic rings. The van der Waals surface area contributed by atoms with Crippen molar-refractivity contribution in [3.05, 3.63) is 71.7 Å². The minimum atomic E-state index is 0.642. The van der Waals surface area contributed by atoms with Crippen LogP contribution in [0.5, 0.6) is 0 Å². The molecule has 0 unspecified atom stereocenters. The maximum absolute atomic E-state index is 4.39. The normalized spacial score (nSPS) is 11.5. The lowest BCUT2D eigenvalue weighted by Crippen LogP contribution is -2.36. The highest BCUT2D eigenvalue weighted by Gasteiger charge is 2.04. The number of benzene rings is 1. The Morgan fingerprint density at radius 1 is 0.958 bits per heavy atom. The number of nitrogens with zero attached hydrogens (tertiary/aromatic N) is 3. The Balaban J connectivity index is 1.65. The van der Waals surface area contributed by atoms with Gasteiger partial charge in [0.15, 0.2) is 5.96 Å². The molecule has 3 rings (SSSR count). The van der Waals surface area contributed by atoms with E-state index in [1.54, 1.807) is 7.05 Å². The highest BCUT2D eigenvalue weighted by molar-refractivity contribution is 5.83. The van der Waals surface area contributed by atoms with Crippen molar-refractivity contribution < 1.29 is 0 Å². The van der Waals surface area contributed by atoms with Gasteiger partial charge in [0, 0.05) is 31.4 Å². The Labute approximate surface area is 141 Å². The molecule has 0 atom stereocenters. The molecule has 0 spiro atoms. The maximum atomic E-state index is 4.39. The number of aryl methyl sites for hydroxylation is 1. The fourth-order valence-corrected chi connectivity index (χ4v) is 2.58. The third-order valence-electron chi connectivity index (χ3n) is 3.95. The molecule has 3 aromatic rings. The Morgan fingerprint density at radius 2 is 1.79 bits per heavy atom. The second-order valence-corrected chi connectivity index (χ2v) is 5.53. The largest absolute Gasteiger partial charge is 0.352 e. The van der Waals surface area contributed by atoms with E-state index in [0.29, 0.717) is 13.1 Å². The highest BCUT2D eigenvalue weighted by atomic mass is 15.2. The van der Waals surface area contributed by atoms with Crippen molar-refractivity contribution in [3.8, 4) is 0 Å². The van der Waals surface area contributed by atoms with E-state index < -0.39 is 0 Å². The molecule has 0 amide bonds. The molecular formula is C19H21N5. The van der Waals surface area contributed by atoms with Crippen LogP contribution in [0.25, 0.3) is 10.9 Å². The van der Waals surface area contributed by atoms with Crippen molar-refractivity contribution in [3.63, 3.8) is 0 Å². The van der Waals surface area contributed by atoms with E-state index in [-0.39, 0.29) is 0 Å². The van der Waals surface area contributed by atoms with Crippen molar-refractivity contribution in [1.82, 2.24) is 20.6 Å². The summed E-state index contributed by atoms with van der Waals surface area (Å²) in [5.41, 5.74) is 4.39. The second-order valence-electron chi connectivity index (χ2n) is 5.53. The number of rotatable bonds is 4. The van der Waals surface area contributed by atoms with E-state index in [2.05, 4.69) is 44.7 Å². The summed E-state index contributed by atoms with van der Waals surface area (Å²) in [6.07, 6.45) is 3.65. The van der Waals surface area contributed by atoms with E-state index in [9.17, 15) is 0 Å². The molecule has 2 aromatic heterocycles. The van der Waals surface area contributed by atoms with Crippen LogP contribution in [0.15, 0.2) is 59.9 Å². The van der Waals surface area contributed by atoms with Crippen LogP contribution < -0.4 is 10.6 Å². The van der Waals surface area contributed by atoms with E-state index in [1.807, 2.05) is 42.7 Å². The summed E-state index contributed by atoms with van der Waals surface area (Å²) in [5, 5.41) is 7.81. The van der Waals surface area contributed by atoms with Gasteiger partial charge < -0.3 is 10.6 Å². The Hall–Kier alpha value is -2.95. The lowest BCUT2D eigenvalue weighted by molar-refractivity contribution is 0.791. The lowest BCUT2D eigenvalue weighted by Gasteiger charge is -2.13. The van der Waals surface area contributed by atoms with Crippen LogP contribution in [-0.2, 0) is 13.1 Å². The predicted molar refractivity (Wildman–Crippen MR) is 97.8 cm³/mol. The van der Waals surface area contributed by atoms with Gasteiger partial charge in [0.1, 0.15) is 0 Å². The number of hydrogen-bond donors (Lipinski definition) is 2. The van der Waals surface area contributed by atoms with Crippen LogP contribution in [0.4, 0.5) is 0 Å². The van der Waals surface area contributed by atoms with Crippen molar-refractivity contribution in [2.45, 2.75) is 20.0 Å². The van der Waals surface area contributed by atoms with Crippen molar-refractivity contribution in [1.29, 1.82) is 0 Å². The molecule has 1 aromatic carbocycles. The zero-order valence-corrected chi connectivity index (χ0v) is 14.0. The third-order valence-corrected chi connectivity index (χ3v) is 3.95. The van der Waals surface area contributed by atoms with Crippen LogP contribution in [-0.4, -0.2) is 23.0 Å². The summed E-state index contributed by atoms with van der Waals surface area (Å²) in [4.78, 5) is 13.1. The zero-order chi connectivity index (χ0) is 16.8. The smallest absolute Gasteiger partial charge is 0.191 e. The summed E-state index contributed by atoms with van der Waals surface area (Å²) >= 11 is 0. The lowest BCUT2D eigenvalue weighted by atomic mass is 10.1. The molecule has 0 saturated carbocycles. The van der Waals surface area contributed by atoms with Crippen LogP contribution >= 0.6 is 0 Å². The summed E-state index contributed by atoms with van der Waals surface area (Å²) in [6.45, 7) is 3.39. The van der Waals surface area contributed by atoms with Crippen LogP contribution in [0.2, 0.25) is 0 Å². The van der Waals surface area contributed by atoms with Gasteiger partial charge in [-0.05, 0) is 36.2 Å². The first-order chi connectivity index (χ1) is 11.8. The average molecular weight is 319 g/mol. The van der Waals surface area contributed by atoms with Gasteiger partial charge in [-0.15, -0.1) is 0 Å². The van der Waals surface area contributed by atoms with Gasteiger partial charge in [-0.1, -0.05) is 24.3 Å². The van der Waals surface area contributed by atoms with Crippen LogP contribution in [0, 0.1) is 6.92 Å². The number of guanidine groups is 1. The number of fused-ring (bicyclic) bond motifs is 1. The molecule has 0 aliphatic carbocycles. The molecule has 0 saturated heterocycles. The average Bonchev–Trinajstić information content (AvgIpc) is 2.63. The first-order valence-electron chi connectivity index (χ1n) is 7.95. The molecule has 2 N–H and O–H groups in total. The van der Waals surface area contributed by atoms with Gasteiger partial charge >= 0.3 is 0 Å². The minimum Gasteiger partial charge on any atom is -0.352 e. The molecule has 2 heterocycles. The van der Waals surface area contributed by atoms with Crippen LogP contribution in [0.3, 0.4) is 0 Å². The quantitative estimate of drug-likeness (QED) is 0.573.